The number of anilines is 1. The Balaban J connectivity index is 1.59. The molecule has 0 radical (unpaired) electrons. The molecule has 0 spiro atoms. The zero-order valence-electron chi connectivity index (χ0n) is 13.4. The number of benzene rings is 2. The van der Waals surface area contributed by atoms with Crippen molar-refractivity contribution in [1.29, 1.82) is 0 Å². The lowest BCUT2D eigenvalue weighted by Crippen LogP contribution is -2.29. The van der Waals surface area contributed by atoms with E-state index in [9.17, 15) is 0 Å². The third-order valence-corrected chi connectivity index (χ3v) is 5.38. The Morgan fingerprint density at radius 3 is 2.58 bits per heavy atom. The molecular formula is C18H20Cl2N2S2. The third-order valence-electron chi connectivity index (χ3n) is 3.36. The van der Waals surface area contributed by atoms with Crippen molar-refractivity contribution in [3.63, 3.8) is 0 Å². The van der Waals surface area contributed by atoms with Gasteiger partial charge in [-0.25, -0.2) is 0 Å². The molecule has 0 saturated carbocycles. The van der Waals surface area contributed by atoms with E-state index < -0.39 is 0 Å². The largest absolute Gasteiger partial charge is 0.362 e. The van der Waals surface area contributed by atoms with Crippen LogP contribution in [0.5, 0.6) is 0 Å². The lowest BCUT2D eigenvalue weighted by Gasteiger charge is -2.11. The average Bonchev–Trinajstić information content (AvgIpc) is 2.56. The van der Waals surface area contributed by atoms with Gasteiger partial charge in [-0.1, -0.05) is 41.4 Å². The number of hydrogen-bond donors (Lipinski definition) is 2. The highest BCUT2D eigenvalue weighted by Crippen LogP contribution is 2.20. The summed E-state index contributed by atoms with van der Waals surface area (Å²) >= 11 is 19.2. The van der Waals surface area contributed by atoms with Crippen molar-refractivity contribution in [2.24, 2.45) is 0 Å². The van der Waals surface area contributed by atoms with Crippen LogP contribution in [0.2, 0.25) is 10.0 Å². The van der Waals surface area contributed by atoms with Crippen LogP contribution in [0.15, 0.2) is 42.5 Å². The molecule has 2 aromatic rings. The minimum Gasteiger partial charge on any atom is -0.362 e. The summed E-state index contributed by atoms with van der Waals surface area (Å²) in [5, 5.41) is 8.51. The molecule has 2 nitrogen and oxygen atoms in total. The molecule has 0 heterocycles. The molecule has 2 aromatic carbocycles. The van der Waals surface area contributed by atoms with Crippen molar-refractivity contribution < 1.29 is 0 Å². The molecule has 2 rings (SSSR count). The lowest BCUT2D eigenvalue weighted by molar-refractivity contribution is 0.854. The first-order valence-corrected chi connectivity index (χ1v) is 9.99. The molecule has 2 N–H and O–H groups in total. The fraction of sp³-hybridized carbons (Fsp3) is 0.278. The fourth-order valence-corrected chi connectivity index (χ4v) is 3.44. The maximum absolute atomic E-state index is 6.10. The predicted molar refractivity (Wildman–Crippen MR) is 113 cm³/mol. The number of nitrogens with one attached hydrogen (secondary N) is 2. The Bertz CT molecular complexity index is 675. The van der Waals surface area contributed by atoms with Crippen molar-refractivity contribution in [2.75, 3.05) is 17.6 Å². The van der Waals surface area contributed by atoms with Crippen LogP contribution >= 0.6 is 47.2 Å². The van der Waals surface area contributed by atoms with E-state index in [1.165, 1.54) is 5.56 Å². The van der Waals surface area contributed by atoms with Gasteiger partial charge >= 0.3 is 0 Å². The summed E-state index contributed by atoms with van der Waals surface area (Å²) in [5.41, 5.74) is 3.25. The van der Waals surface area contributed by atoms with E-state index in [2.05, 4.69) is 22.8 Å². The molecule has 128 valence electrons. The van der Waals surface area contributed by atoms with Crippen LogP contribution in [0.25, 0.3) is 0 Å². The summed E-state index contributed by atoms with van der Waals surface area (Å²) in [6, 6.07) is 13.8. The van der Waals surface area contributed by atoms with E-state index in [0.29, 0.717) is 5.11 Å². The third kappa shape index (κ3) is 6.89. The minimum atomic E-state index is 0.623. The van der Waals surface area contributed by atoms with E-state index in [0.717, 1.165) is 45.8 Å². The number of rotatable bonds is 7. The van der Waals surface area contributed by atoms with Crippen molar-refractivity contribution >= 4 is 58.0 Å². The van der Waals surface area contributed by atoms with Gasteiger partial charge in [0, 0.05) is 28.0 Å². The molecule has 0 bridgehead atoms. The van der Waals surface area contributed by atoms with Crippen LogP contribution in [-0.4, -0.2) is 17.4 Å². The number of aryl methyl sites for hydroxylation is 1. The van der Waals surface area contributed by atoms with Gasteiger partial charge in [-0.3, -0.25) is 0 Å². The van der Waals surface area contributed by atoms with Crippen molar-refractivity contribution in [3.05, 3.63) is 63.6 Å². The standard InChI is InChI=1S/C18H20Cl2N2S2/c1-13-3-8-16(11-17(13)20)22-18(23)21-9-2-10-24-12-14-4-6-15(19)7-5-14/h3-8,11H,2,9-10,12H2,1H3,(H2,21,22,23). The Kier molecular flexibility index (Phi) is 8.19. The first kappa shape index (κ1) is 19.4. The molecule has 0 aliphatic heterocycles. The summed E-state index contributed by atoms with van der Waals surface area (Å²) in [6.07, 6.45) is 1.05. The maximum atomic E-state index is 6.10. The number of thioether (sulfide) groups is 1. The van der Waals surface area contributed by atoms with Gasteiger partial charge in [0.05, 0.1) is 0 Å². The maximum Gasteiger partial charge on any atom is 0.170 e. The van der Waals surface area contributed by atoms with Gasteiger partial charge in [-0.15, -0.1) is 0 Å². The Labute approximate surface area is 163 Å². The highest BCUT2D eigenvalue weighted by atomic mass is 35.5. The quantitative estimate of drug-likeness (QED) is 0.446. The van der Waals surface area contributed by atoms with Crippen LogP contribution < -0.4 is 10.6 Å². The van der Waals surface area contributed by atoms with Gasteiger partial charge in [0.1, 0.15) is 0 Å². The van der Waals surface area contributed by atoms with E-state index in [-0.39, 0.29) is 0 Å². The van der Waals surface area contributed by atoms with E-state index in [1.807, 2.05) is 49.0 Å². The molecule has 0 aliphatic carbocycles. The Morgan fingerprint density at radius 2 is 1.88 bits per heavy atom. The average molecular weight is 399 g/mol. The minimum absolute atomic E-state index is 0.623. The topological polar surface area (TPSA) is 24.1 Å². The zero-order valence-corrected chi connectivity index (χ0v) is 16.6. The van der Waals surface area contributed by atoms with Crippen molar-refractivity contribution in [2.45, 2.75) is 19.1 Å². The number of thiocarbonyl (C=S) groups is 1. The molecule has 0 aromatic heterocycles. The Hall–Kier alpha value is -0.940. The molecule has 0 atom stereocenters. The summed E-state index contributed by atoms with van der Waals surface area (Å²) in [6.45, 7) is 2.82. The van der Waals surface area contributed by atoms with E-state index in [1.54, 1.807) is 0 Å². The van der Waals surface area contributed by atoms with E-state index >= 15 is 0 Å². The zero-order chi connectivity index (χ0) is 17.4. The Morgan fingerprint density at radius 1 is 1.12 bits per heavy atom. The molecular weight excluding hydrogens is 379 g/mol. The van der Waals surface area contributed by atoms with Gasteiger partial charge in [-0.2, -0.15) is 11.8 Å². The second-order valence-corrected chi connectivity index (χ2v) is 7.73. The van der Waals surface area contributed by atoms with Gasteiger partial charge < -0.3 is 10.6 Å². The molecule has 0 aliphatic rings. The molecule has 24 heavy (non-hydrogen) atoms. The van der Waals surface area contributed by atoms with Gasteiger partial charge in [0.15, 0.2) is 5.11 Å². The normalized spacial score (nSPS) is 10.5. The summed E-state index contributed by atoms with van der Waals surface area (Å²) in [7, 11) is 0. The first-order chi connectivity index (χ1) is 11.5. The SMILES string of the molecule is Cc1ccc(NC(=S)NCCCSCc2ccc(Cl)cc2)cc1Cl. The summed E-state index contributed by atoms with van der Waals surface area (Å²) < 4.78 is 0. The molecule has 6 heteroatoms. The van der Waals surface area contributed by atoms with Crippen LogP contribution in [0.1, 0.15) is 17.5 Å². The second-order valence-electron chi connectivity index (χ2n) is 5.38. The monoisotopic (exact) mass is 398 g/mol. The first-order valence-electron chi connectivity index (χ1n) is 7.68. The van der Waals surface area contributed by atoms with Crippen LogP contribution in [-0.2, 0) is 5.75 Å². The van der Waals surface area contributed by atoms with Crippen LogP contribution in [0, 0.1) is 6.92 Å². The van der Waals surface area contributed by atoms with Gasteiger partial charge in [0.25, 0.3) is 0 Å². The van der Waals surface area contributed by atoms with Crippen LogP contribution in [0.4, 0.5) is 5.69 Å². The molecule has 0 fully saturated rings. The lowest BCUT2D eigenvalue weighted by atomic mass is 10.2. The van der Waals surface area contributed by atoms with Crippen molar-refractivity contribution in [3.8, 4) is 0 Å². The van der Waals surface area contributed by atoms with Gasteiger partial charge in [-0.05, 0) is 66.7 Å². The number of hydrogen-bond acceptors (Lipinski definition) is 2. The fourth-order valence-electron chi connectivity index (χ4n) is 1.99. The van der Waals surface area contributed by atoms with Crippen LogP contribution in [0.3, 0.4) is 0 Å². The smallest absolute Gasteiger partial charge is 0.170 e. The van der Waals surface area contributed by atoms with Gasteiger partial charge in [0.2, 0.25) is 0 Å². The number of halogens is 2. The second kappa shape index (κ2) is 10.1. The van der Waals surface area contributed by atoms with E-state index in [4.69, 9.17) is 35.4 Å². The summed E-state index contributed by atoms with van der Waals surface area (Å²) in [4.78, 5) is 0. The summed E-state index contributed by atoms with van der Waals surface area (Å²) in [5.74, 6) is 2.08. The highest BCUT2D eigenvalue weighted by Gasteiger charge is 2.00. The molecule has 0 unspecified atom stereocenters. The van der Waals surface area contributed by atoms with Crippen molar-refractivity contribution in [1.82, 2.24) is 5.32 Å². The molecule has 0 amide bonds. The predicted octanol–water partition coefficient (Wildman–Crippen LogP) is 5.91. The molecule has 0 saturated heterocycles. The highest BCUT2D eigenvalue weighted by molar-refractivity contribution is 7.98.